The zero-order chi connectivity index (χ0) is 13.8. The molecule has 1 aromatic carbocycles. The number of esters is 1. The number of hydrogen-bond acceptors (Lipinski definition) is 3. The third kappa shape index (κ3) is 4.49. The zero-order valence-corrected chi connectivity index (χ0v) is 11.6. The summed E-state index contributed by atoms with van der Waals surface area (Å²) in [4.78, 5) is 11.9. The van der Waals surface area contributed by atoms with E-state index in [1.165, 1.54) is 0 Å². The van der Waals surface area contributed by atoms with Gasteiger partial charge in [-0.1, -0.05) is 51.1 Å². The highest BCUT2D eigenvalue weighted by atomic mass is 16.5. The summed E-state index contributed by atoms with van der Waals surface area (Å²) in [6.07, 6.45) is 0.364. The molecule has 0 heterocycles. The molecule has 2 atom stereocenters. The molecule has 18 heavy (non-hydrogen) atoms. The Bertz CT molecular complexity index is 381. The van der Waals surface area contributed by atoms with Gasteiger partial charge in [0.25, 0.3) is 0 Å². The summed E-state index contributed by atoms with van der Waals surface area (Å²) in [5.41, 5.74) is 6.85. The van der Waals surface area contributed by atoms with E-state index in [2.05, 4.69) is 0 Å². The highest BCUT2D eigenvalue weighted by Gasteiger charge is 2.26. The van der Waals surface area contributed by atoms with Crippen LogP contribution < -0.4 is 5.73 Å². The SMILES string of the molecule is C[C@@H](OC(=O)C(N)Cc1ccccc1)C(C)(C)C. The van der Waals surface area contributed by atoms with Crippen molar-refractivity contribution in [3.05, 3.63) is 35.9 Å². The van der Waals surface area contributed by atoms with Gasteiger partial charge in [-0.25, -0.2) is 0 Å². The number of rotatable bonds is 4. The molecule has 0 amide bonds. The number of nitrogens with two attached hydrogens (primary N) is 1. The minimum atomic E-state index is -0.600. The smallest absolute Gasteiger partial charge is 0.323 e. The Morgan fingerprint density at radius 2 is 1.83 bits per heavy atom. The van der Waals surface area contributed by atoms with E-state index in [1.807, 2.05) is 58.0 Å². The van der Waals surface area contributed by atoms with E-state index in [1.54, 1.807) is 0 Å². The van der Waals surface area contributed by atoms with Gasteiger partial charge in [0.15, 0.2) is 0 Å². The van der Waals surface area contributed by atoms with Crippen molar-refractivity contribution < 1.29 is 9.53 Å². The molecule has 2 N–H and O–H groups in total. The number of benzene rings is 1. The number of hydrogen-bond donors (Lipinski definition) is 1. The van der Waals surface area contributed by atoms with Gasteiger partial charge in [-0.2, -0.15) is 0 Å². The van der Waals surface area contributed by atoms with Gasteiger partial charge in [0.2, 0.25) is 0 Å². The highest BCUT2D eigenvalue weighted by molar-refractivity contribution is 5.76. The van der Waals surface area contributed by atoms with Gasteiger partial charge in [0.1, 0.15) is 12.1 Å². The van der Waals surface area contributed by atoms with Gasteiger partial charge < -0.3 is 10.5 Å². The minimum absolute atomic E-state index is 0.0673. The van der Waals surface area contributed by atoms with Crippen LogP contribution in [0, 0.1) is 5.41 Å². The molecule has 100 valence electrons. The first kappa shape index (κ1) is 14.7. The first-order valence-corrected chi connectivity index (χ1v) is 6.30. The Hall–Kier alpha value is -1.35. The maximum absolute atomic E-state index is 11.9. The third-order valence-electron chi connectivity index (χ3n) is 3.11. The van der Waals surface area contributed by atoms with Crippen LogP contribution >= 0.6 is 0 Å². The molecule has 1 rings (SSSR count). The second-order valence-corrected chi connectivity index (χ2v) is 5.74. The number of carbonyl (C=O) groups is 1. The maximum Gasteiger partial charge on any atom is 0.323 e. The molecule has 0 saturated carbocycles. The van der Waals surface area contributed by atoms with Gasteiger partial charge in [-0.15, -0.1) is 0 Å². The fourth-order valence-corrected chi connectivity index (χ4v) is 1.39. The van der Waals surface area contributed by atoms with E-state index in [0.29, 0.717) is 6.42 Å². The Morgan fingerprint density at radius 3 is 2.33 bits per heavy atom. The van der Waals surface area contributed by atoms with Crippen molar-refractivity contribution in [1.82, 2.24) is 0 Å². The van der Waals surface area contributed by atoms with E-state index < -0.39 is 6.04 Å². The molecule has 0 spiro atoms. The average Bonchev–Trinajstić information content (AvgIpc) is 2.28. The molecule has 0 radical (unpaired) electrons. The van der Waals surface area contributed by atoms with Crippen molar-refractivity contribution in [2.75, 3.05) is 0 Å². The van der Waals surface area contributed by atoms with Crippen LogP contribution in [0.3, 0.4) is 0 Å². The van der Waals surface area contributed by atoms with Crippen molar-refractivity contribution in [2.45, 2.75) is 46.3 Å². The van der Waals surface area contributed by atoms with Crippen molar-refractivity contribution in [3.63, 3.8) is 0 Å². The van der Waals surface area contributed by atoms with Crippen molar-refractivity contribution in [3.8, 4) is 0 Å². The largest absolute Gasteiger partial charge is 0.461 e. The van der Waals surface area contributed by atoms with Gasteiger partial charge in [-0.05, 0) is 24.3 Å². The average molecular weight is 249 g/mol. The van der Waals surface area contributed by atoms with Crippen molar-refractivity contribution in [1.29, 1.82) is 0 Å². The highest BCUT2D eigenvalue weighted by Crippen LogP contribution is 2.22. The molecule has 0 saturated heterocycles. The molecular formula is C15H23NO2. The van der Waals surface area contributed by atoms with E-state index in [9.17, 15) is 4.79 Å². The van der Waals surface area contributed by atoms with Crippen molar-refractivity contribution >= 4 is 5.97 Å². The number of carbonyl (C=O) groups excluding carboxylic acids is 1. The van der Waals surface area contributed by atoms with Crippen LogP contribution in [0.15, 0.2) is 30.3 Å². The molecule has 0 aromatic heterocycles. The lowest BCUT2D eigenvalue weighted by atomic mass is 9.90. The van der Waals surface area contributed by atoms with Crippen LogP contribution in [-0.4, -0.2) is 18.1 Å². The predicted octanol–water partition coefficient (Wildman–Crippen LogP) is 2.53. The molecule has 3 heteroatoms. The monoisotopic (exact) mass is 249 g/mol. The normalized spacial score (nSPS) is 14.9. The molecule has 0 aliphatic carbocycles. The van der Waals surface area contributed by atoms with Gasteiger partial charge in [-0.3, -0.25) is 4.79 Å². The standard InChI is InChI=1S/C15H23NO2/c1-11(15(2,3)4)18-14(17)13(16)10-12-8-6-5-7-9-12/h5-9,11,13H,10,16H2,1-4H3/t11-,13?/m1/s1. The number of ether oxygens (including phenoxy) is 1. The molecule has 0 bridgehead atoms. The lowest BCUT2D eigenvalue weighted by Gasteiger charge is -2.28. The third-order valence-corrected chi connectivity index (χ3v) is 3.11. The van der Waals surface area contributed by atoms with Gasteiger partial charge in [0, 0.05) is 0 Å². The molecule has 0 fully saturated rings. The van der Waals surface area contributed by atoms with Crippen LogP contribution in [0.25, 0.3) is 0 Å². The molecule has 3 nitrogen and oxygen atoms in total. The Kier molecular flexibility index (Phi) is 4.91. The molecular weight excluding hydrogens is 226 g/mol. The molecule has 0 aliphatic rings. The van der Waals surface area contributed by atoms with E-state index in [4.69, 9.17) is 10.5 Å². The topological polar surface area (TPSA) is 52.3 Å². The lowest BCUT2D eigenvalue weighted by Crippen LogP contribution is -2.39. The summed E-state index contributed by atoms with van der Waals surface area (Å²) in [7, 11) is 0. The van der Waals surface area contributed by atoms with Crippen molar-refractivity contribution in [2.24, 2.45) is 11.1 Å². The van der Waals surface area contributed by atoms with Gasteiger partial charge in [0.05, 0.1) is 0 Å². The summed E-state index contributed by atoms with van der Waals surface area (Å²) in [5.74, 6) is -0.332. The quantitative estimate of drug-likeness (QED) is 0.834. The minimum Gasteiger partial charge on any atom is -0.461 e. The van der Waals surface area contributed by atoms with E-state index in [-0.39, 0.29) is 17.5 Å². The Morgan fingerprint density at radius 1 is 1.28 bits per heavy atom. The van der Waals surface area contributed by atoms with Crippen LogP contribution in [0.1, 0.15) is 33.3 Å². The lowest BCUT2D eigenvalue weighted by molar-refractivity contribution is -0.154. The van der Waals surface area contributed by atoms with Crippen LogP contribution in [0.2, 0.25) is 0 Å². The maximum atomic E-state index is 11.9. The first-order valence-electron chi connectivity index (χ1n) is 6.30. The van der Waals surface area contributed by atoms with Crippen LogP contribution in [0.4, 0.5) is 0 Å². The molecule has 0 aliphatic heterocycles. The predicted molar refractivity (Wildman–Crippen MR) is 73.1 cm³/mol. The second-order valence-electron chi connectivity index (χ2n) is 5.74. The van der Waals surface area contributed by atoms with E-state index >= 15 is 0 Å². The van der Waals surface area contributed by atoms with Crippen LogP contribution in [-0.2, 0) is 16.0 Å². The van der Waals surface area contributed by atoms with Gasteiger partial charge >= 0.3 is 5.97 Å². The summed E-state index contributed by atoms with van der Waals surface area (Å²) < 4.78 is 5.38. The zero-order valence-electron chi connectivity index (χ0n) is 11.6. The fourth-order valence-electron chi connectivity index (χ4n) is 1.39. The summed E-state index contributed by atoms with van der Waals surface area (Å²) in [6.45, 7) is 8.00. The second kappa shape index (κ2) is 6.01. The Balaban J connectivity index is 2.52. The summed E-state index contributed by atoms with van der Waals surface area (Å²) >= 11 is 0. The first-order chi connectivity index (χ1) is 8.30. The molecule has 1 unspecified atom stereocenters. The summed E-state index contributed by atoms with van der Waals surface area (Å²) in [6, 6.07) is 9.13. The Labute approximate surface area is 109 Å². The van der Waals surface area contributed by atoms with E-state index in [0.717, 1.165) is 5.56 Å². The van der Waals surface area contributed by atoms with Crippen LogP contribution in [0.5, 0.6) is 0 Å². The molecule has 1 aromatic rings. The fraction of sp³-hybridized carbons (Fsp3) is 0.533. The summed E-state index contributed by atoms with van der Waals surface area (Å²) in [5, 5.41) is 0.